The van der Waals surface area contributed by atoms with Gasteiger partial charge in [-0.2, -0.15) is 0 Å². The van der Waals surface area contributed by atoms with E-state index in [1.54, 1.807) is 18.2 Å². The number of halogens is 2. The van der Waals surface area contributed by atoms with E-state index in [1.807, 2.05) is 6.07 Å². The molecule has 0 aliphatic heterocycles. The Balaban J connectivity index is 1.88. The minimum atomic E-state index is -3.65. The van der Waals surface area contributed by atoms with Crippen molar-refractivity contribution in [2.24, 2.45) is 0 Å². The number of para-hydroxylation sites is 1. The van der Waals surface area contributed by atoms with Crippen LogP contribution in [-0.4, -0.2) is 20.9 Å². The van der Waals surface area contributed by atoms with E-state index in [1.165, 1.54) is 24.3 Å². The summed E-state index contributed by atoms with van der Waals surface area (Å²) in [5.74, 6) is -0.282. The summed E-state index contributed by atoms with van der Waals surface area (Å²) in [6.07, 6.45) is 0.0220. The van der Waals surface area contributed by atoms with E-state index < -0.39 is 10.0 Å². The first-order chi connectivity index (χ1) is 10.9. The second-order valence-corrected chi connectivity index (χ2v) is 7.69. The Hall–Kier alpha value is -1.41. The summed E-state index contributed by atoms with van der Waals surface area (Å²) < 4.78 is 27.2. The van der Waals surface area contributed by atoms with Crippen molar-refractivity contribution in [3.63, 3.8) is 0 Å². The van der Waals surface area contributed by atoms with Crippen LogP contribution in [0.25, 0.3) is 0 Å². The van der Waals surface area contributed by atoms with Gasteiger partial charge in [-0.3, -0.25) is 4.79 Å². The Kier molecular flexibility index (Phi) is 6.17. The topological polar surface area (TPSA) is 75.3 Å². The fourth-order valence-corrected chi connectivity index (χ4v) is 3.31. The van der Waals surface area contributed by atoms with Gasteiger partial charge in [-0.15, -0.1) is 0 Å². The molecule has 5 nitrogen and oxygen atoms in total. The van der Waals surface area contributed by atoms with E-state index in [0.717, 1.165) is 4.47 Å². The number of carbonyl (C=O) groups is 1. The Morgan fingerprint density at radius 2 is 1.74 bits per heavy atom. The van der Waals surface area contributed by atoms with Crippen LogP contribution in [-0.2, 0) is 14.8 Å². The molecule has 2 aromatic rings. The highest BCUT2D eigenvalue weighted by atomic mass is 79.9. The minimum Gasteiger partial charge on any atom is -0.325 e. The third kappa shape index (κ3) is 5.31. The molecule has 0 radical (unpaired) electrons. The fraction of sp³-hybridized carbons (Fsp3) is 0.133. The number of amides is 1. The van der Waals surface area contributed by atoms with Crippen molar-refractivity contribution in [1.29, 1.82) is 0 Å². The average Bonchev–Trinajstić information content (AvgIpc) is 2.50. The van der Waals surface area contributed by atoms with Gasteiger partial charge >= 0.3 is 0 Å². The van der Waals surface area contributed by atoms with Crippen LogP contribution < -0.4 is 10.0 Å². The molecule has 0 heterocycles. The standard InChI is InChI=1S/C15H14BrClN2O3S/c16-13-3-1-2-4-14(13)19-15(20)9-10-18-23(21,22)12-7-5-11(17)6-8-12/h1-8,18H,9-10H2,(H,19,20). The SMILES string of the molecule is O=C(CCNS(=O)(=O)c1ccc(Cl)cc1)Nc1ccccc1Br. The predicted octanol–water partition coefficient (Wildman–Crippen LogP) is 3.41. The number of hydrogen-bond donors (Lipinski definition) is 2. The van der Waals surface area contributed by atoms with Crippen molar-refractivity contribution in [2.45, 2.75) is 11.3 Å². The Morgan fingerprint density at radius 3 is 2.39 bits per heavy atom. The molecule has 0 aliphatic carbocycles. The van der Waals surface area contributed by atoms with Gasteiger partial charge in [0.15, 0.2) is 0 Å². The van der Waals surface area contributed by atoms with Gasteiger partial charge in [-0.25, -0.2) is 13.1 Å². The van der Waals surface area contributed by atoms with Gasteiger partial charge in [0.05, 0.1) is 10.6 Å². The third-order valence-electron chi connectivity index (χ3n) is 2.92. The number of nitrogens with one attached hydrogen (secondary N) is 2. The van der Waals surface area contributed by atoms with Crippen molar-refractivity contribution in [1.82, 2.24) is 4.72 Å². The molecule has 0 saturated carbocycles. The highest BCUT2D eigenvalue weighted by Gasteiger charge is 2.14. The van der Waals surface area contributed by atoms with Crippen LogP contribution in [0, 0.1) is 0 Å². The lowest BCUT2D eigenvalue weighted by Gasteiger charge is -2.08. The van der Waals surface area contributed by atoms with Crippen LogP contribution in [0.15, 0.2) is 57.9 Å². The van der Waals surface area contributed by atoms with Gasteiger partial charge in [-0.05, 0) is 52.3 Å². The van der Waals surface area contributed by atoms with Crippen LogP contribution in [0.5, 0.6) is 0 Å². The van der Waals surface area contributed by atoms with Gasteiger partial charge in [0.2, 0.25) is 15.9 Å². The number of carbonyl (C=O) groups excluding carboxylic acids is 1. The van der Waals surface area contributed by atoms with Crippen LogP contribution in [0.2, 0.25) is 5.02 Å². The lowest BCUT2D eigenvalue weighted by Crippen LogP contribution is -2.27. The first-order valence-electron chi connectivity index (χ1n) is 6.68. The third-order valence-corrected chi connectivity index (χ3v) is 5.34. The lowest BCUT2D eigenvalue weighted by molar-refractivity contribution is -0.116. The van der Waals surface area contributed by atoms with Crippen LogP contribution in [0.1, 0.15) is 6.42 Å². The number of sulfonamides is 1. The molecule has 0 unspecified atom stereocenters. The van der Waals surface area contributed by atoms with Crippen molar-refractivity contribution < 1.29 is 13.2 Å². The van der Waals surface area contributed by atoms with Gasteiger partial charge < -0.3 is 5.32 Å². The lowest BCUT2D eigenvalue weighted by atomic mass is 10.3. The van der Waals surface area contributed by atoms with Gasteiger partial charge in [0.25, 0.3) is 0 Å². The van der Waals surface area contributed by atoms with Crippen LogP contribution in [0.3, 0.4) is 0 Å². The molecule has 8 heteroatoms. The summed E-state index contributed by atoms with van der Waals surface area (Å²) in [6, 6.07) is 13.0. The molecule has 0 aliphatic rings. The molecule has 2 rings (SSSR count). The Bertz CT molecular complexity index is 795. The molecule has 2 aromatic carbocycles. The highest BCUT2D eigenvalue weighted by molar-refractivity contribution is 9.10. The van der Waals surface area contributed by atoms with Crippen molar-refractivity contribution >= 4 is 49.1 Å². The maximum atomic E-state index is 12.0. The molecule has 23 heavy (non-hydrogen) atoms. The summed E-state index contributed by atoms with van der Waals surface area (Å²) in [5, 5.41) is 3.16. The predicted molar refractivity (Wildman–Crippen MR) is 94.0 cm³/mol. The average molecular weight is 418 g/mol. The van der Waals surface area contributed by atoms with Gasteiger partial charge in [0, 0.05) is 22.5 Å². The monoisotopic (exact) mass is 416 g/mol. The zero-order valence-electron chi connectivity index (χ0n) is 11.9. The summed E-state index contributed by atoms with van der Waals surface area (Å²) in [4.78, 5) is 12.0. The second-order valence-electron chi connectivity index (χ2n) is 4.63. The second kappa shape index (κ2) is 7.92. The zero-order chi connectivity index (χ0) is 16.9. The van der Waals surface area contributed by atoms with E-state index in [9.17, 15) is 13.2 Å². The maximum absolute atomic E-state index is 12.0. The molecule has 0 bridgehead atoms. The largest absolute Gasteiger partial charge is 0.325 e. The zero-order valence-corrected chi connectivity index (χ0v) is 15.1. The smallest absolute Gasteiger partial charge is 0.240 e. The number of benzene rings is 2. The van der Waals surface area contributed by atoms with Gasteiger partial charge in [0.1, 0.15) is 0 Å². The van der Waals surface area contributed by atoms with Crippen LogP contribution >= 0.6 is 27.5 Å². The summed E-state index contributed by atoms with van der Waals surface area (Å²) in [6.45, 7) is 0.00124. The molecule has 122 valence electrons. The molecule has 0 saturated heterocycles. The fourth-order valence-electron chi connectivity index (χ4n) is 1.77. The number of anilines is 1. The van der Waals surface area contributed by atoms with E-state index >= 15 is 0 Å². The molecule has 2 N–H and O–H groups in total. The number of rotatable bonds is 6. The van der Waals surface area contributed by atoms with E-state index in [-0.39, 0.29) is 23.8 Å². The molecule has 0 atom stereocenters. The maximum Gasteiger partial charge on any atom is 0.240 e. The molecule has 0 spiro atoms. The molecule has 0 aromatic heterocycles. The molecule has 0 fully saturated rings. The normalized spacial score (nSPS) is 11.2. The molecular weight excluding hydrogens is 404 g/mol. The van der Waals surface area contributed by atoms with E-state index in [0.29, 0.717) is 10.7 Å². The van der Waals surface area contributed by atoms with Gasteiger partial charge in [-0.1, -0.05) is 23.7 Å². The quantitative estimate of drug-likeness (QED) is 0.756. The summed E-state index contributed by atoms with van der Waals surface area (Å²) in [5.41, 5.74) is 0.637. The highest BCUT2D eigenvalue weighted by Crippen LogP contribution is 2.21. The molecule has 1 amide bonds. The van der Waals surface area contributed by atoms with E-state index in [2.05, 4.69) is 26.0 Å². The van der Waals surface area contributed by atoms with Crippen molar-refractivity contribution in [3.8, 4) is 0 Å². The summed E-state index contributed by atoms with van der Waals surface area (Å²) >= 11 is 9.05. The molecular formula is C15H14BrClN2O3S. The minimum absolute atomic E-state index is 0.00124. The van der Waals surface area contributed by atoms with Crippen LogP contribution in [0.4, 0.5) is 5.69 Å². The first kappa shape index (κ1) is 17.9. The summed E-state index contributed by atoms with van der Waals surface area (Å²) in [7, 11) is -3.65. The van der Waals surface area contributed by atoms with E-state index in [4.69, 9.17) is 11.6 Å². The number of hydrogen-bond acceptors (Lipinski definition) is 3. The Labute approximate surface area is 148 Å². The first-order valence-corrected chi connectivity index (χ1v) is 9.33. The Morgan fingerprint density at radius 1 is 1.09 bits per heavy atom. The van der Waals surface area contributed by atoms with Crippen molar-refractivity contribution in [2.75, 3.05) is 11.9 Å². The van der Waals surface area contributed by atoms with Crippen molar-refractivity contribution in [3.05, 3.63) is 58.0 Å².